The summed E-state index contributed by atoms with van der Waals surface area (Å²) in [6.07, 6.45) is 0.364. The minimum absolute atomic E-state index is 0.0178. The van der Waals surface area contributed by atoms with E-state index in [2.05, 4.69) is 0 Å². The zero-order valence-corrected chi connectivity index (χ0v) is 9.82. The summed E-state index contributed by atoms with van der Waals surface area (Å²) in [5.41, 5.74) is 0.512. The molecule has 1 aromatic carbocycles. The molecular formula is C11H12ClNO3. The Kier molecular flexibility index (Phi) is 4.01. The van der Waals surface area contributed by atoms with Crippen LogP contribution in [0.3, 0.4) is 0 Å². The van der Waals surface area contributed by atoms with Crippen molar-refractivity contribution in [3.8, 4) is 0 Å². The third-order valence-corrected chi connectivity index (χ3v) is 2.70. The van der Waals surface area contributed by atoms with E-state index in [1.165, 1.54) is 13.0 Å². The number of ketones is 1. The second kappa shape index (κ2) is 5.07. The molecular weight excluding hydrogens is 230 g/mol. The Morgan fingerprint density at radius 1 is 1.56 bits per heavy atom. The lowest BCUT2D eigenvalue weighted by Crippen LogP contribution is -2.10. The third kappa shape index (κ3) is 3.03. The summed E-state index contributed by atoms with van der Waals surface area (Å²) in [6.45, 7) is 3.23. The highest BCUT2D eigenvalue weighted by atomic mass is 35.5. The first-order valence-electron chi connectivity index (χ1n) is 4.85. The number of hydrogen-bond acceptors (Lipinski definition) is 3. The first-order chi connectivity index (χ1) is 7.41. The van der Waals surface area contributed by atoms with Gasteiger partial charge in [0.15, 0.2) is 0 Å². The van der Waals surface area contributed by atoms with Crippen molar-refractivity contribution in [1.29, 1.82) is 0 Å². The summed E-state index contributed by atoms with van der Waals surface area (Å²) >= 11 is 5.69. The number of rotatable bonds is 4. The first kappa shape index (κ1) is 12.6. The van der Waals surface area contributed by atoms with Gasteiger partial charge in [0.05, 0.1) is 4.92 Å². The van der Waals surface area contributed by atoms with Gasteiger partial charge in [-0.1, -0.05) is 24.6 Å². The molecule has 16 heavy (non-hydrogen) atoms. The Labute approximate surface area is 98.4 Å². The SMILES string of the molecule is CC(=O)C(C)Cc1ccc(Cl)cc1[N+](=O)[O-]. The van der Waals surface area contributed by atoms with E-state index in [0.29, 0.717) is 17.0 Å². The second-order valence-electron chi connectivity index (χ2n) is 3.75. The summed E-state index contributed by atoms with van der Waals surface area (Å²) in [5.74, 6) is -0.205. The van der Waals surface area contributed by atoms with Gasteiger partial charge in [0.2, 0.25) is 0 Å². The summed E-state index contributed by atoms with van der Waals surface area (Å²) in [7, 11) is 0. The second-order valence-corrected chi connectivity index (χ2v) is 4.18. The average molecular weight is 242 g/mol. The molecule has 0 aliphatic rings. The highest BCUT2D eigenvalue weighted by molar-refractivity contribution is 6.30. The van der Waals surface area contributed by atoms with Crippen LogP contribution in [0, 0.1) is 16.0 Å². The van der Waals surface area contributed by atoms with E-state index >= 15 is 0 Å². The summed E-state index contributed by atoms with van der Waals surface area (Å²) < 4.78 is 0. The third-order valence-electron chi connectivity index (χ3n) is 2.46. The van der Waals surface area contributed by atoms with Crippen LogP contribution in [-0.2, 0) is 11.2 Å². The molecule has 4 nitrogen and oxygen atoms in total. The first-order valence-corrected chi connectivity index (χ1v) is 5.23. The highest BCUT2D eigenvalue weighted by Crippen LogP contribution is 2.25. The lowest BCUT2D eigenvalue weighted by atomic mass is 9.97. The molecule has 86 valence electrons. The molecule has 1 unspecified atom stereocenters. The molecule has 0 aromatic heterocycles. The zero-order chi connectivity index (χ0) is 12.3. The minimum Gasteiger partial charge on any atom is -0.300 e. The molecule has 0 fully saturated rings. The van der Waals surface area contributed by atoms with Crippen LogP contribution >= 0.6 is 11.6 Å². The smallest absolute Gasteiger partial charge is 0.274 e. The molecule has 0 spiro atoms. The van der Waals surface area contributed by atoms with Crippen molar-refractivity contribution in [2.75, 3.05) is 0 Å². The minimum atomic E-state index is -0.478. The molecule has 0 saturated heterocycles. The largest absolute Gasteiger partial charge is 0.300 e. The van der Waals surface area contributed by atoms with Gasteiger partial charge in [-0.3, -0.25) is 14.9 Å². The normalized spacial score (nSPS) is 12.2. The number of nitro groups is 1. The van der Waals surface area contributed by atoms with Crippen LogP contribution in [0.4, 0.5) is 5.69 Å². The van der Waals surface area contributed by atoms with E-state index in [0.717, 1.165) is 0 Å². The molecule has 0 saturated carbocycles. The van der Waals surface area contributed by atoms with Gasteiger partial charge in [-0.05, 0) is 19.4 Å². The van der Waals surface area contributed by atoms with Crippen LogP contribution < -0.4 is 0 Å². The highest BCUT2D eigenvalue weighted by Gasteiger charge is 2.18. The number of carbonyl (C=O) groups excluding carboxylic acids is 1. The zero-order valence-electron chi connectivity index (χ0n) is 9.07. The molecule has 1 atom stereocenters. The number of carbonyl (C=O) groups is 1. The van der Waals surface area contributed by atoms with Crippen molar-refractivity contribution in [3.63, 3.8) is 0 Å². The van der Waals surface area contributed by atoms with Gasteiger partial charge < -0.3 is 0 Å². The predicted molar refractivity (Wildman–Crippen MR) is 61.7 cm³/mol. The number of Topliss-reactive ketones (excluding diaryl/α,β-unsaturated/α-hetero) is 1. The van der Waals surface area contributed by atoms with E-state index in [4.69, 9.17) is 11.6 Å². The fraction of sp³-hybridized carbons (Fsp3) is 0.364. The van der Waals surface area contributed by atoms with Crippen molar-refractivity contribution in [1.82, 2.24) is 0 Å². The summed E-state index contributed by atoms with van der Waals surface area (Å²) in [5, 5.41) is 11.1. The fourth-order valence-electron chi connectivity index (χ4n) is 1.35. The topological polar surface area (TPSA) is 60.2 Å². The van der Waals surface area contributed by atoms with Crippen molar-refractivity contribution < 1.29 is 9.72 Å². The Morgan fingerprint density at radius 2 is 2.19 bits per heavy atom. The van der Waals surface area contributed by atoms with Gasteiger partial charge in [-0.2, -0.15) is 0 Å². The fourth-order valence-corrected chi connectivity index (χ4v) is 1.52. The predicted octanol–water partition coefficient (Wildman–Crippen LogP) is 3.02. The van der Waals surface area contributed by atoms with Crippen molar-refractivity contribution in [2.45, 2.75) is 20.3 Å². The van der Waals surface area contributed by atoms with E-state index in [1.807, 2.05) is 0 Å². The lowest BCUT2D eigenvalue weighted by molar-refractivity contribution is -0.385. The molecule has 0 amide bonds. The lowest BCUT2D eigenvalue weighted by Gasteiger charge is -2.08. The van der Waals surface area contributed by atoms with Crippen molar-refractivity contribution in [2.24, 2.45) is 5.92 Å². The van der Waals surface area contributed by atoms with Crippen molar-refractivity contribution in [3.05, 3.63) is 38.9 Å². The Hall–Kier alpha value is -1.42. The number of halogens is 1. The van der Waals surface area contributed by atoms with Crippen LogP contribution in [0.15, 0.2) is 18.2 Å². The molecule has 1 aromatic rings. The molecule has 5 heteroatoms. The van der Waals surface area contributed by atoms with Crippen LogP contribution in [0.1, 0.15) is 19.4 Å². The summed E-state index contributed by atoms with van der Waals surface area (Å²) in [4.78, 5) is 21.4. The monoisotopic (exact) mass is 241 g/mol. The molecule has 0 radical (unpaired) electrons. The van der Waals surface area contributed by atoms with Gasteiger partial charge in [-0.15, -0.1) is 0 Å². The Bertz CT molecular complexity index is 431. The molecule has 0 aliphatic carbocycles. The standard InChI is InChI=1S/C11H12ClNO3/c1-7(8(2)14)5-9-3-4-10(12)6-11(9)13(15)16/h3-4,6-7H,5H2,1-2H3. The van der Waals surface area contributed by atoms with Gasteiger partial charge in [0, 0.05) is 22.6 Å². The van der Waals surface area contributed by atoms with Gasteiger partial charge in [0.1, 0.15) is 5.78 Å². The maximum absolute atomic E-state index is 11.1. The quantitative estimate of drug-likeness (QED) is 0.601. The number of hydrogen-bond donors (Lipinski definition) is 0. The van der Waals surface area contributed by atoms with Crippen LogP contribution in [0.5, 0.6) is 0 Å². The maximum Gasteiger partial charge on any atom is 0.274 e. The van der Waals surface area contributed by atoms with Gasteiger partial charge >= 0.3 is 0 Å². The van der Waals surface area contributed by atoms with E-state index < -0.39 is 4.92 Å². The van der Waals surface area contributed by atoms with Gasteiger partial charge in [-0.25, -0.2) is 0 Å². The van der Waals surface area contributed by atoms with E-state index in [9.17, 15) is 14.9 Å². The van der Waals surface area contributed by atoms with E-state index in [1.54, 1.807) is 19.1 Å². The number of nitrogens with zero attached hydrogens (tertiary/aromatic N) is 1. The molecule has 0 heterocycles. The molecule has 0 aliphatic heterocycles. The molecule has 0 N–H and O–H groups in total. The van der Waals surface area contributed by atoms with E-state index in [-0.39, 0.29) is 17.4 Å². The molecule has 0 bridgehead atoms. The maximum atomic E-state index is 11.1. The van der Waals surface area contributed by atoms with Crippen LogP contribution in [0.2, 0.25) is 5.02 Å². The molecule has 1 rings (SSSR count). The van der Waals surface area contributed by atoms with Gasteiger partial charge in [0.25, 0.3) is 5.69 Å². The Morgan fingerprint density at radius 3 is 2.69 bits per heavy atom. The van der Waals surface area contributed by atoms with Crippen LogP contribution in [-0.4, -0.2) is 10.7 Å². The number of nitro benzene ring substituents is 1. The van der Waals surface area contributed by atoms with Crippen molar-refractivity contribution >= 4 is 23.1 Å². The summed E-state index contributed by atoms with van der Waals surface area (Å²) in [6, 6.07) is 4.50. The average Bonchev–Trinajstić information content (AvgIpc) is 2.20. The van der Waals surface area contributed by atoms with Crippen LogP contribution in [0.25, 0.3) is 0 Å². The number of benzene rings is 1. The Balaban J connectivity index is 3.04.